The van der Waals surface area contributed by atoms with E-state index in [9.17, 15) is 4.79 Å². The number of rotatable bonds is 4. The fourth-order valence-electron chi connectivity index (χ4n) is 1.30. The molecule has 1 rings (SSSR count). The summed E-state index contributed by atoms with van der Waals surface area (Å²) in [6, 6.07) is 5.23. The fourth-order valence-corrected chi connectivity index (χ4v) is 1.30. The highest BCUT2D eigenvalue weighted by atomic mass is 16.2. The molecule has 4 nitrogen and oxygen atoms in total. The standard InChI is InChI=1S/C12H17N3O/c1-4-7-14-11-6-5-9(8-10(11)13)12(16)15(2)3/h4-6,8,14H,1,7,13H2,2-3H3. The average Bonchev–Trinajstić information content (AvgIpc) is 2.26. The summed E-state index contributed by atoms with van der Waals surface area (Å²) in [4.78, 5) is 13.2. The molecule has 1 amide bonds. The largest absolute Gasteiger partial charge is 0.397 e. The Hall–Kier alpha value is -1.97. The molecule has 0 aliphatic heterocycles. The summed E-state index contributed by atoms with van der Waals surface area (Å²) < 4.78 is 0. The topological polar surface area (TPSA) is 58.4 Å². The molecule has 0 heterocycles. The van der Waals surface area contributed by atoms with E-state index in [1.807, 2.05) is 0 Å². The van der Waals surface area contributed by atoms with Crippen LogP contribution in [0.15, 0.2) is 30.9 Å². The molecule has 3 N–H and O–H groups in total. The first-order valence-electron chi connectivity index (χ1n) is 5.02. The number of carbonyl (C=O) groups excluding carboxylic acids is 1. The van der Waals surface area contributed by atoms with Gasteiger partial charge >= 0.3 is 0 Å². The van der Waals surface area contributed by atoms with Crippen LogP contribution >= 0.6 is 0 Å². The Morgan fingerprint density at radius 2 is 2.25 bits per heavy atom. The van der Waals surface area contributed by atoms with Crippen LogP contribution in [0.1, 0.15) is 10.4 Å². The molecule has 0 fully saturated rings. The number of nitrogens with zero attached hydrogens (tertiary/aromatic N) is 1. The Morgan fingerprint density at radius 3 is 2.75 bits per heavy atom. The highest BCUT2D eigenvalue weighted by Crippen LogP contribution is 2.20. The van der Waals surface area contributed by atoms with Crippen molar-refractivity contribution in [1.29, 1.82) is 0 Å². The van der Waals surface area contributed by atoms with Crippen LogP contribution in [0.5, 0.6) is 0 Å². The van der Waals surface area contributed by atoms with Crippen molar-refractivity contribution < 1.29 is 4.79 Å². The van der Waals surface area contributed by atoms with Gasteiger partial charge in [-0.2, -0.15) is 0 Å². The van der Waals surface area contributed by atoms with E-state index in [0.717, 1.165) is 5.69 Å². The lowest BCUT2D eigenvalue weighted by Crippen LogP contribution is -2.21. The van der Waals surface area contributed by atoms with Gasteiger partial charge in [-0.25, -0.2) is 0 Å². The Kier molecular flexibility index (Phi) is 3.94. The van der Waals surface area contributed by atoms with Crippen molar-refractivity contribution in [3.63, 3.8) is 0 Å². The lowest BCUT2D eigenvalue weighted by molar-refractivity contribution is 0.0827. The molecule has 0 aromatic heterocycles. The molecule has 0 radical (unpaired) electrons. The van der Waals surface area contributed by atoms with Crippen molar-refractivity contribution in [3.05, 3.63) is 36.4 Å². The monoisotopic (exact) mass is 219 g/mol. The third kappa shape index (κ3) is 2.76. The molecule has 0 atom stereocenters. The predicted molar refractivity (Wildman–Crippen MR) is 67.6 cm³/mol. The van der Waals surface area contributed by atoms with Gasteiger partial charge in [0.1, 0.15) is 0 Å². The van der Waals surface area contributed by atoms with Crippen molar-refractivity contribution in [2.45, 2.75) is 0 Å². The first-order valence-corrected chi connectivity index (χ1v) is 5.02. The van der Waals surface area contributed by atoms with Crippen molar-refractivity contribution >= 4 is 17.3 Å². The van der Waals surface area contributed by atoms with Gasteiger partial charge < -0.3 is 16.0 Å². The molecule has 0 aliphatic carbocycles. The maximum atomic E-state index is 11.7. The van der Waals surface area contributed by atoms with Gasteiger partial charge in [-0.15, -0.1) is 6.58 Å². The van der Waals surface area contributed by atoms with Crippen LogP contribution in [0.3, 0.4) is 0 Å². The molecule has 0 saturated heterocycles. The first-order chi connectivity index (χ1) is 7.56. The minimum absolute atomic E-state index is 0.0537. The van der Waals surface area contributed by atoms with Crippen LogP contribution in [0.4, 0.5) is 11.4 Å². The maximum Gasteiger partial charge on any atom is 0.253 e. The van der Waals surface area contributed by atoms with E-state index in [0.29, 0.717) is 17.8 Å². The molecule has 1 aromatic rings. The van der Waals surface area contributed by atoms with Gasteiger partial charge in [-0.1, -0.05) is 6.08 Å². The lowest BCUT2D eigenvalue weighted by Gasteiger charge is -2.12. The summed E-state index contributed by atoms with van der Waals surface area (Å²) in [6.45, 7) is 4.25. The third-order valence-corrected chi connectivity index (χ3v) is 2.14. The Bertz CT molecular complexity index is 399. The molecule has 86 valence electrons. The van der Waals surface area contributed by atoms with Crippen LogP contribution in [0.25, 0.3) is 0 Å². The number of nitrogens with two attached hydrogens (primary N) is 1. The second-order valence-corrected chi connectivity index (χ2v) is 3.67. The van der Waals surface area contributed by atoms with Crippen LogP contribution in [0, 0.1) is 0 Å². The molecule has 0 bridgehead atoms. The molecule has 1 aromatic carbocycles. The van der Waals surface area contributed by atoms with Crippen LogP contribution in [0.2, 0.25) is 0 Å². The van der Waals surface area contributed by atoms with Gasteiger partial charge in [-0.05, 0) is 18.2 Å². The van der Waals surface area contributed by atoms with E-state index >= 15 is 0 Å². The average molecular weight is 219 g/mol. The number of hydrogen-bond donors (Lipinski definition) is 2. The minimum atomic E-state index is -0.0537. The number of hydrogen-bond acceptors (Lipinski definition) is 3. The number of nitrogen functional groups attached to an aromatic ring is 1. The van der Waals surface area contributed by atoms with Gasteiger partial charge in [0.25, 0.3) is 5.91 Å². The summed E-state index contributed by atoms with van der Waals surface area (Å²) in [5.74, 6) is -0.0537. The van der Waals surface area contributed by atoms with E-state index in [1.165, 1.54) is 4.90 Å². The van der Waals surface area contributed by atoms with Crippen molar-refractivity contribution in [2.75, 3.05) is 31.7 Å². The third-order valence-electron chi connectivity index (χ3n) is 2.14. The zero-order chi connectivity index (χ0) is 12.1. The zero-order valence-electron chi connectivity index (χ0n) is 9.66. The number of nitrogens with one attached hydrogen (secondary N) is 1. The quantitative estimate of drug-likeness (QED) is 0.597. The van der Waals surface area contributed by atoms with Gasteiger partial charge in [0.2, 0.25) is 0 Å². The molecular weight excluding hydrogens is 202 g/mol. The maximum absolute atomic E-state index is 11.7. The molecule has 0 unspecified atom stereocenters. The molecular formula is C12H17N3O. The normalized spacial score (nSPS) is 9.62. The van der Waals surface area contributed by atoms with Gasteiger partial charge in [0, 0.05) is 26.2 Å². The predicted octanol–water partition coefficient (Wildman–Crippen LogP) is 1.57. The second-order valence-electron chi connectivity index (χ2n) is 3.67. The highest BCUT2D eigenvalue weighted by Gasteiger charge is 2.09. The summed E-state index contributed by atoms with van der Waals surface area (Å²) in [5.41, 5.74) is 7.80. The Balaban J connectivity index is 2.90. The number of anilines is 2. The smallest absolute Gasteiger partial charge is 0.253 e. The molecule has 0 aliphatic rings. The van der Waals surface area contributed by atoms with Gasteiger partial charge in [-0.3, -0.25) is 4.79 Å². The van der Waals surface area contributed by atoms with Crippen LogP contribution in [-0.4, -0.2) is 31.4 Å². The minimum Gasteiger partial charge on any atom is -0.397 e. The van der Waals surface area contributed by atoms with Crippen LogP contribution < -0.4 is 11.1 Å². The van der Waals surface area contributed by atoms with E-state index < -0.39 is 0 Å². The summed E-state index contributed by atoms with van der Waals surface area (Å²) >= 11 is 0. The van der Waals surface area contributed by atoms with E-state index in [1.54, 1.807) is 38.4 Å². The number of carbonyl (C=O) groups is 1. The second kappa shape index (κ2) is 5.21. The van der Waals surface area contributed by atoms with Crippen molar-refractivity contribution in [2.24, 2.45) is 0 Å². The molecule has 4 heteroatoms. The van der Waals surface area contributed by atoms with E-state index in [4.69, 9.17) is 5.73 Å². The first kappa shape index (κ1) is 12.1. The van der Waals surface area contributed by atoms with E-state index in [-0.39, 0.29) is 5.91 Å². The zero-order valence-corrected chi connectivity index (χ0v) is 9.66. The highest BCUT2D eigenvalue weighted by molar-refractivity contribution is 5.95. The van der Waals surface area contributed by atoms with Crippen LogP contribution in [-0.2, 0) is 0 Å². The summed E-state index contributed by atoms with van der Waals surface area (Å²) in [7, 11) is 3.42. The SMILES string of the molecule is C=CCNc1ccc(C(=O)N(C)C)cc1N. The molecule has 0 spiro atoms. The van der Waals surface area contributed by atoms with Crippen molar-refractivity contribution in [3.8, 4) is 0 Å². The number of benzene rings is 1. The molecule has 16 heavy (non-hydrogen) atoms. The van der Waals surface area contributed by atoms with Crippen molar-refractivity contribution in [1.82, 2.24) is 4.90 Å². The number of amides is 1. The fraction of sp³-hybridized carbons (Fsp3) is 0.250. The Labute approximate surface area is 95.7 Å². The lowest BCUT2D eigenvalue weighted by atomic mass is 10.1. The summed E-state index contributed by atoms with van der Waals surface area (Å²) in [5, 5.41) is 3.09. The van der Waals surface area contributed by atoms with E-state index in [2.05, 4.69) is 11.9 Å². The van der Waals surface area contributed by atoms with Gasteiger partial charge in [0.05, 0.1) is 11.4 Å². The van der Waals surface area contributed by atoms with Gasteiger partial charge in [0.15, 0.2) is 0 Å². The summed E-state index contributed by atoms with van der Waals surface area (Å²) in [6.07, 6.45) is 1.75. The Morgan fingerprint density at radius 1 is 1.56 bits per heavy atom. The molecule has 0 saturated carbocycles.